The van der Waals surface area contributed by atoms with Gasteiger partial charge in [0.1, 0.15) is 0 Å². The summed E-state index contributed by atoms with van der Waals surface area (Å²) < 4.78 is 0. The first kappa shape index (κ1) is 18.2. The number of guanidine groups is 1. The summed E-state index contributed by atoms with van der Waals surface area (Å²) in [6.45, 7) is 13.1. The van der Waals surface area contributed by atoms with Crippen LogP contribution in [0.1, 0.15) is 39.5 Å². The summed E-state index contributed by atoms with van der Waals surface area (Å²) >= 11 is 0. The molecule has 0 aromatic carbocycles. The lowest BCUT2D eigenvalue weighted by molar-refractivity contribution is 0.280. The molecule has 1 rings (SSSR count). The number of aliphatic imine (C=N–C) groups is 1. The minimum atomic E-state index is 0.925. The van der Waals surface area contributed by atoms with Gasteiger partial charge in [0.2, 0.25) is 0 Å². The molecule has 21 heavy (non-hydrogen) atoms. The van der Waals surface area contributed by atoms with Crippen molar-refractivity contribution in [2.75, 3.05) is 59.4 Å². The molecule has 2 N–H and O–H groups in total. The molecule has 0 spiro atoms. The second-order valence-corrected chi connectivity index (χ2v) is 5.89. The maximum absolute atomic E-state index is 4.63. The van der Waals surface area contributed by atoms with Crippen LogP contribution in [-0.4, -0.2) is 75.2 Å². The lowest BCUT2D eigenvalue weighted by atomic mass is 10.2. The monoisotopic (exact) mass is 297 g/mol. The van der Waals surface area contributed by atoms with E-state index in [-0.39, 0.29) is 0 Å². The third-order valence-corrected chi connectivity index (χ3v) is 3.91. The van der Waals surface area contributed by atoms with Crippen molar-refractivity contribution in [3.63, 3.8) is 0 Å². The number of likely N-dealkylation sites (N-methyl/N-ethyl adjacent to an activating group) is 1. The summed E-state index contributed by atoms with van der Waals surface area (Å²) in [6, 6.07) is 0. The highest BCUT2D eigenvalue weighted by Gasteiger charge is 2.11. The second-order valence-electron chi connectivity index (χ2n) is 5.89. The molecule has 124 valence electrons. The summed E-state index contributed by atoms with van der Waals surface area (Å²) in [6.07, 6.45) is 4.99. The Morgan fingerprint density at radius 2 is 1.90 bits per heavy atom. The molecular weight excluding hydrogens is 262 g/mol. The first-order valence-corrected chi connectivity index (χ1v) is 8.69. The third kappa shape index (κ3) is 8.94. The van der Waals surface area contributed by atoms with Gasteiger partial charge in [-0.25, -0.2) is 0 Å². The molecule has 0 aromatic heterocycles. The van der Waals surface area contributed by atoms with Crippen LogP contribution in [-0.2, 0) is 0 Å². The fourth-order valence-corrected chi connectivity index (χ4v) is 2.55. The van der Waals surface area contributed by atoms with Gasteiger partial charge in [0.05, 0.1) is 0 Å². The highest BCUT2D eigenvalue weighted by Crippen LogP contribution is 1.99. The van der Waals surface area contributed by atoms with Crippen molar-refractivity contribution in [1.82, 2.24) is 20.4 Å². The van der Waals surface area contributed by atoms with E-state index in [1.807, 2.05) is 0 Å². The number of nitrogens with one attached hydrogen (secondary N) is 2. The summed E-state index contributed by atoms with van der Waals surface area (Å²) in [5.41, 5.74) is 0. The molecule has 1 heterocycles. The Morgan fingerprint density at radius 1 is 1.05 bits per heavy atom. The van der Waals surface area contributed by atoms with Crippen LogP contribution in [0.2, 0.25) is 0 Å². The van der Waals surface area contributed by atoms with Crippen molar-refractivity contribution in [1.29, 1.82) is 0 Å². The lowest BCUT2D eigenvalue weighted by Crippen LogP contribution is -2.42. The summed E-state index contributed by atoms with van der Waals surface area (Å²) in [5.74, 6) is 0.973. The van der Waals surface area contributed by atoms with Crippen molar-refractivity contribution in [2.24, 2.45) is 4.99 Å². The van der Waals surface area contributed by atoms with Gasteiger partial charge in [-0.1, -0.05) is 19.8 Å². The average molecular weight is 297 g/mol. The van der Waals surface area contributed by atoms with Crippen molar-refractivity contribution >= 4 is 5.96 Å². The Bertz CT molecular complexity index is 280. The largest absolute Gasteiger partial charge is 0.357 e. The number of hydrogen-bond donors (Lipinski definition) is 2. The predicted octanol–water partition coefficient (Wildman–Crippen LogP) is 1.37. The van der Waals surface area contributed by atoms with Crippen LogP contribution in [0.15, 0.2) is 4.99 Å². The molecule has 1 aliphatic rings. The molecule has 0 atom stereocenters. The summed E-state index contributed by atoms with van der Waals surface area (Å²) in [5, 5.41) is 6.79. The van der Waals surface area contributed by atoms with Crippen LogP contribution in [0, 0.1) is 0 Å². The van der Waals surface area contributed by atoms with Gasteiger partial charge in [-0.15, -0.1) is 0 Å². The maximum atomic E-state index is 4.63. The second kappa shape index (κ2) is 11.8. The van der Waals surface area contributed by atoms with E-state index in [4.69, 9.17) is 0 Å². The molecule has 0 saturated carbocycles. The van der Waals surface area contributed by atoms with Gasteiger partial charge in [-0.05, 0) is 39.9 Å². The zero-order valence-corrected chi connectivity index (χ0v) is 14.3. The summed E-state index contributed by atoms with van der Waals surface area (Å²) in [7, 11) is 2.22. The molecule has 1 fully saturated rings. The normalized spacial score (nSPS) is 18.5. The third-order valence-electron chi connectivity index (χ3n) is 3.91. The molecule has 0 bridgehead atoms. The molecular formula is C16H35N5. The van der Waals surface area contributed by atoms with Crippen LogP contribution in [0.3, 0.4) is 0 Å². The molecule has 0 unspecified atom stereocenters. The van der Waals surface area contributed by atoms with Crippen molar-refractivity contribution in [2.45, 2.75) is 39.5 Å². The number of hydrogen-bond acceptors (Lipinski definition) is 3. The Morgan fingerprint density at radius 3 is 2.67 bits per heavy atom. The van der Waals surface area contributed by atoms with Crippen LogP contribution >= 0.6 is 0 Å². The number of nitrogens with zero attached hydrogens (tertiary/aromatic N) is 3. The predicted molar refractivity (Wildman–Crippen MR) is 92.1 cm³/mol. The van der Waals surface area contributed by atoms with E-state index in [2.05, 4.69) is 46.3 Å². The summed E-state index contributed by atoms with van der Waals surface area (Å²) in [4.78, 5) is 9.61. The number of rotatable bonds is 8. The van der Waals surface area contributed by atoms with E-state index in [1.54, 1.807) is 0 Å². The Kier molecular flexibility index (Phi) is 10.3. The fraction of sp³-hybridized carbons (Fsp3) is 0.938. The van der Waals surface area contributed by atoms with Gasteiger partial charge >= 0.3 is 0 Å². The van der Waals surface area contributed by atoms with Gasteiger partial charge in [-0.2, -0.15) is 0 Å². The Balaban J connectivity index is 2.22. The van der Waals surface area contributed by atoms with E-state index < -0.39 is 0 Å². The van der Waals surface area contributed by atoms with Crippen molar-refractivity contribution < 1.29 is 0 Å². The smallest absolute Gasteiger partial charge is 0.191 e. The standard InChI is InChI=1S/C16H35N5/c1-4-6-7-9-18-16(17-5-2)19-10-13-21-12-8-11-20(3)14-15-21/h4-15H2,1-3H3,(H2,17,18,19). The minimum absolute atomic E-state index is 0.925. The topological polar surface area (TPSA) is 42.9 Å². The quantitative estimate of drug-likeness (QED) is 0.403. The average Bonchev–Trinajstić information content (AvgIpc) is 2.68. The van der Waals surface area contributed by atoms with E-state index in [0.29, 0.717) is 0 Å². The van der Waals surface area contributed by atoms with Crippen LogP contribution in [0.25, 0.3) is 0 Å². The van der Waals surface area contributed by atoms with E-state index >= 15 is 0 Å². The molecule has 0 amide bonds. The molecule has 1 saturated heterocycles. The molecule has 5 heteroatoms. The van der Waals surface area contributed by atoms with Gasteiger partial charge in [0.15, 0.2) is 5.96 Å². The van der Waals surface area contributed by atoms with E-state index in [0.717, 1.165) is 32.1 Å². The lowest BCUT2D eigenvalue weighted by Gasteiger charge is -2.21. The van der Waals surface area contributed by atoms with Gasteiger partial charge in [0, 0.05) is 39.3 Å². The maximum Gasteiger partial charge on any atom is 0.191 e. The first-order valence-electron chi connectivity index (χ1n) is 8.69. The molecule has 5 nitrogen and oxygen atoms in total. The fourth-order valence-electron chi connectivity index (χ4n) is 2.55. The first-order chi connectivity index (χ1) is 10.3. The molecule has 0 radical (unpaired) electrons. The Labute approximate surface area is 131 Å². The van der Waals surface area contributed by atoms with Crippen molar-refractivity contribution in [3.8, 4) is 0 Å². The van der Waals surface area contributed by atoms with Crippen LogP contribution in [0.4, 0.5) is 0 Å². The Hall–Kier alpha value is -0.810. The SMILES string of the molecule is CCCCCN=C(NCC)NCCN1CCCN(C)CC1. The van der Waals surface area contributed by atoms with Crippen LogP contribution in [0.5, 0.6) is 0 Å². The molecule has 0 aliphatic carbocycles. The zero-order valence-electron chi connectivity index (χ0n) is 14.3. The molecule has 0 aromatic rings. The zero-order chi connectivity index (χ0) is 15.3. The van der Waals surface area contributed by atoms with Gasteiger partial charge in [-0.3, -0.25) is 4.99 Å². The van der Waals surface area contributed by atoms with E-state index in [1.165, 1.54) is 51.9 Å². The minimum Gasteiger partial charge on any atom is -0.357 e. The highest BCUT2D eigenvalue weighted by molar-refractivity contribution is 5.79. The highest BCUT2D eigenvalue weighted by atomic mass is 15.2. The van der Waals surface area contributed by atoms with Crippen LogP contribution < -0.4 is 10.6 Å². The van der Waals surface area contributed by atoms with Gasteiger partial charge < -0.3 is 20.4 Å². The molecule has 1 aliphatic heterocycles. The van der Waals surface area contributed by atoms with Gasteiger partial charge in [0.25, 0.3) is 0 Å². The number of unbranched alkanes of at least 4 members (excludes halogenated alkanes) is 2. The van der Waals surface area contributed by atoms with Crippen molar-refractivity contribution in [3.05, 3.63) is 0 Å². The van der Waals surface area contributed by atoms with E-state index in [9.17, 15) is 0 Å².